The van der Waals surface area contributed by atoms with Gasteiger partial charge in [0.25, 0.3) is 0 Å². The molecule has 1 heteroatoms. The van der Waals surface area contributed by atoms with Gasteiger partial charge < -0.3 is 5.73 Å². The topological polar surface area (TPSA) is 26.0 Å². The first-order chi connectivity index (χ1) is 9.11. The average Bonchev–Trinajstić information content (AvgIpc) is 2.45. The van der Waals surface area contributed by atoms with Crippen LogP contribution >= 0.6 is 0 Å². The summed E-state index contributed by atoms with van der Waals surface area (Å²) in [5.74, 6) is 2.92. The Morgan fingerprint density at radius 1 is 0.789 bits per heavy atom. The van der Waals surface area contributed by atoms with E-state index in [1.54, 1.807) is 0 Å². The van der Waals surface area contributed by atoms with Crippen molar-refractivity contribution in [2.24, 2.45) is 23.5 Å². The lowest BCUT2D eigenvalue weighted by molar-refractivity contribution is 0.294. The molecule has 1 aliphatic rings. The fraction of sp³-hybridized carbons (Fsp3) is 1.00. The highest BCUT2D eigenvalue weighted by Gasteiger charge is 2.14. The molecule has 0 radical (unpaired) electrons. The second kappa shape index (κ2) is 16.0. The molecule has 1 nitrogen and oxygen atoms in total. The van der Waals surface area contributed by atoms with Crippen molar-refractivity contribution in [1.82, 2.24) is 0 Å². The van der Waals surface area contributed by atoms with Gasteiger partial charge in [-0.1, -0.05) is 86.5 Å². The maximum absolute atomic E-state index is 5.03. The van der Waals surface area contributed by atoms with Gasteiger partial charge >= 0.3 is 0 Å². The number of hydrogen-bond donors (Lipinski definition) is 1. The van der Waals surface area contributed by atoms with E-state index in [-0.39, 0.29) is 0 Å². The van der Waals surface area contributed by atoms with Crippen LogP contribution in [0.1, 0.15) is 92.9 Å². The molecule has 0 spiro atoms. The average molecular weight is 272 g/mol. The molecule has 0 aromatic heterocycles. The highest BCUT2D eigenvalue weighted by Crippen LogP contribution is 2.27. The quantitative estimate of drug-likeness (QED) is 0.620. The molecule has 0 amide bonds. The second-order valence-corrected chi connectivity index (χ2v) is 6.06. The van der Waals surface area contributed by atoms with Crippen LogP contribution in [0.25, 0.3) is 0 Å². The zero-order valence-corrected chi connectivity index (χ0v) is 14.7. The van der Waals surface area contributed by atoms with E-state index in [1.165, 1.54) is 44.9 Å². The number of hydrogen-bond acceptors (Lipinski definition) is 1. The lowest BCUT2D eigenvalue weighted by atomic mass is 9.83. The first-order valence-corrected chi connectivity index (χ1v) is 8.81. The molecule has 0 aromatic rings. The summed E-state index contributed by atoms with van der Waals surface area (Å²) in [6.45, 7) is 14.2. The lowest BCUT2D eigenvalue weighted by Gasteiger charge is -2.23. The molecule has 1 aliphatic carbocycles. The van der Waals surface area contributed by atoms with Crippen molar-refractivity contribution in [2.75, 3.05) is 6.54 Å². The van der Waals surface area contributed by atoms with Crippen molar-refractivity contribution in [3.05, 3.63) is 0 Å². The van der Waals surface area contributed by atoms with Crippen LogP contribution < -0.4 is 5.73 Å². The van der Waals surface area contributed by atoms with Gasteiger partial charge in [0.1, 0.15) is 0 Å². The van der Waals surface area contributed by atoms with E-state index in [1.807, 2.05) is 13.8 Å². The zero-order chi connectivity index (χ0) is 15.1. The Kier molecular flexibility index (Phi) is 17.9. The van der Waals surface area contributed by atoms with E-state index in [0.717, 1.165) is 30.7 Å². The first-order valence-electron chi connectivity index (χ1n) is 8.81. The summed E-state index contributed by atoms with van der Waals surface area (Å²) < 4.78 is 0. The third-order valence-corrected chi connectivity index (χ3v) is 4.22. The van der Waals surface area contributed by atoms with Crippen molar-refractivity contribution in [3.8, 4) is 0 Å². The predicted octanol–water partition coefficient (Wildman–Crippen LogP) is 6.02. The molecule has 1 rings (SSSR count). The van der Waals surface area contributed by atoms with Gasteiger partial charge in [0, 0.05) is 0 Å². The van der Waals surface area contributed by atoms with Crippen molar-refractivity contribution in [1.29, 1.82) is 0 Å². The third kappa shape index (κ3) is 14.2. The van der Waals surface area contributed by atoms with Crippen LogP contribution in [-0.2, 0) is 0 Å². The minimum Gasteiger partial charge on any atom is -0.330 e. The molecule has 19 heavy (non-hydrogen) atoms. The maximum atomic E-state index is 5.03. The van der Waals surface area contributed by atoms with Crippen LogP contribution in [0.5, 0.6) is 0 Å². The smallest absolute Gasteiger partial charge is 0.00799 e. The van der Waals surface area contributed by atoms with Crippen LogP contribution in [0.15, 0.2) is 0 Å². The summed E-state index contributed by atoms with van der Waals surface area (Å²) >= 11 is 0. The summed E-state index contributed by atoms with van der Waals surface area (Å²) in [4.78, 5) is 0. The van der Waals surface area contributed by atoms with Crippen LogP contribution in [0.4, 0.5) is 0 Å². The minimum atomic E-state index is 0.819. The number of nitrogens with two attached hydrogens (primary N) is 1. The predicted molar refractivity (Wildman–Crippen MR) is 90.5 cm³/mol. The molecule has 2 unspecified atom stereocenters. The van der Waals surface area contributed by atoms with Gasteiger partial charge in [-0.2, -0.15) is 0 Å². The van der Waals surface area contributed by atoms with Gasteiger partial charge in [0.05, 0.1) is 0 Å². The fourth-order valence-corrected chi connectivity index (χ4v) is 2.46. The molecule has 1 saturated carbocycles. The minimum absolute atomic E-state index is 0.819. The largest absolute Gasteiger partial charge is 0.330 e. The molecule has 0 aromatic carbocycles. The molecule has 0 bridgehead atoms. The van der Waals surface area contributed by atoms with Gasteiger partial charge in [-0.15, -0.1) is 0 Å². The molecule has 0 saturated heterocycles. The highest BCUT2D eigenvalue weighted by atomic mass is 14.5. The molecule has 2 N–H and O–H groups in total. The normalized spacial score (nSPS) is 28.3. The van der Waals surface area contributed by atoms with Gasteiger partial charge in [-0.05, 0) is 30.7 Å². The molecule has 1 fully saturated rings. The summed E-state index contributed by atoms with van der Waals surface area (Å²) in [6.07, 6.45) is 11.4. The monoisotopic (exact) mass is 271 g/mol. The van der Waals surface area contributed by atoms with Gasteiger partial charge in [0.2, 0.25) is 0 Å². The van der Waals surface area contributed by atoms with Gasteiger partial charge in [-0.3, -0.25) is 0 Å². The standard InChI is InChI=1S/C13H26.C3H9N.C2H6/c1-11-7-4-5-9-12(2)13(3)10-6-8-11;1-2-3-4;1-2/h11-13H,4-10H2,1-3H3;2-4H2,1H3;1-2H3/t11?,12-,13?;;/m0../s1. The Labute approximate surface area is 123 Å². The lowest BCUT2D eigenvalue weighted by Crippen LogP contribution is -2.10. The van der Waals surface area contributed by atoms with Crippen LogP contribution in [0.3, 0.4) is 0 Å². The molecular formula is C18H41N. The van der Waals surface area contributed by atoms with E-state index in [2.05, 4.69) is 27.7 Å². The summed E-state index contributed by atoms with van der Waals surface area (Å²) in [7, 11) is 0. The summed E-state index contributed by atoms with van der Waals surface area (Å²) in [6, 6.07) is 0. The van der Waals surface area contributed by atoms with E-state index < -0.39 is 0 Å². The summed E-state index contributed by atoms with van der Waals surface area (Å²) in [5, 5.41) is 0. The Morgan fingerprint density at radius 2 is 1.16 bits per heavy atom. The van der Waals surface area contributed by atoms with E-state index in [9.17, 15) is 0 Å². The molecule has 118 valence electrons. The SMILES string of the molecule is CC.CC1CCCC[C@H](C)C(C)CCC1.CCCN. The van der Waals surface area contributed by atoms with Gasteiger partial charge in [0.15, 0.2) is 0 Å². The third-order valence-electron chi connectivity index (χ3n) is 4.22. The Bertz CT molecular complexity index is 154. The van der Waals surface area contributed by atoms with Gasteiger partial charge in [-0.25, -0.2) is 0 Å². The maximum Gasteiger partial charge on any atom is -0.00799 e. The number of rotatable bonds is 1. The van der Waals surface area contributed by atoms with Crippen LogP contribution in [-0.4, -0.2) is 6.54 Å². The van der Waals surface area contributed by atoms with Crippen molar-refractivity contribution in [3.63, 3.8) is 0 Å². The Hall–Kier alpha value is -0.0400. The second-order valence-electron chi connectivity index (χ2n) is 6.06. The van der Waals surface area contributed by atoms with Crippen LogP contribution in [0.2, 0.25) is 0 Å². The fourth-order valence-electron chi connectivity index (χ4n) is 2.46. The molecule has 0 aliphatic heterocycles. The van der Waals surface area contributed by atoms with Crippen molar-refractivity contribution >= 4 is 0 Å². The highest BCUT2D eigenvalue weighted by molar-refractivity contribution is 4.66. The summed E-state index contributed by atoms with van der Waals surface area (Å²) in [5.41, 5.74) is 5.03. The van der Waals surface area contributed by atoms with Crippen LogP contribution in [0, 0.1) is 17.8 Å². The van der Waals surface area contributed by atoms with E-state index in [0.29, 0.717) is 0 Å². The van der Waals surface area contributed by atoms with E-state index in [4.69, 9.17) is 5.73 Å². The first kappa shape index (κ1) is 21.3. The van der Waals surface area contributed by atoms with E-state index >= 15 is 0 Å². The molecular weight excluding hydrogens is 230 g/mol. The molecule has 0 heterocycles. The molecule has 3 atom stereocenters. The van der Waals surface area contributed by atoms with Crippen molar-refractivity contribution in [2.45, 2.75) is 92.9 Å². The van der Waals surface area contributed by atoms with Crippen molar-refractivity contribution < 1.29 is 0 Å². The Balaban J connectivity index is 0. The Morgan fingerprint density at radius 3 is 1.63 bits per heavy atom. The zero-order valence-electron chi connectivity index (χ0n) is 14.7.